The number of aromatic nitrogens is 1. The second-order valence-electron chi connectivity index (χ2n) is 3.72. The summed E-state index contributed by atoms with van der Waals surface area (Å²) in [5.41, 5.74) is 0.530. The van der Waals surface area contributed by atoms with Crippen LogP contribution in [0.1, 0.15) is 31.3 Å². The third-order valence-electron chi connectivity index (χ3n) is 1.33. The van der Waals surface area contributed by atoms with Gasteiger partial charge in [-0.15, -0.1) is 11.8 Å². The first-order valence-corrected chi connectivity index (χ1v) is 4.94. The Labute approximate surface area is 82.8 Å². The lowest BCUT2D eigenvalue weighted by atomic mass is 10.3. The number of hydrogen-bond donors (Lipinski definition) is 0. The highest BCUT2D eigenvalue weighted by Gasteiger charge is 2.14. The van der Waals surface area contributed by atoms with E-state index >= 15 is 0 Å². The number of aldehydes is 1. The van der Waals surface area contributed by atoms with Gasteiger partial charge in [0.25, 0.3) is 0 Å². The molecule has 1 aromatic heterocycles. The fourth-order valence-corrected chi connectivity index (χ4v) is 1.92. The number of thioether (sulfide) groups is 1. The monoisotopic (exact) mass is 195 g/mol. The molecule has 0 aliphatic carbocycles. The molecule has 2 nitrogen and oxygen atoms in total. The summed E-state index contributed by atoms with van der Waals surface area (Å²) < 4.78 is 0.112. The zero-order valence-corrected chi connectivity index (χ0v) is 8.89. The van der Waals surface area contributed by atoms with Gasteiger partial charge in [0.2, 0.25) is 0 Å². The fourth-order valence-electron chi connectivity index (χ4n) is 0.907. The van der Waals surface area contributed by atoms with Gasteiger partial charge in [-0.1, -0.05) is 20.8 Å². The van der Waals surface area contributed by atoms with Crippen LogP contribution >= 0.6 is 11.8 Å². The SMILES string of the molecule is CC(C)(C)Sc1cccnc1C=O. The lowest BCUT2D eigenvalue weighted by Gasteiger charge is -2.17. The smallest absolute Gasteiger partial charge is 0.169 e. The second kappa shape index (κ2) is 3.92. The van der Waals surface area contributed by atoms with E-state index in [1.807, 2.05) is 12.1 Å². The van der Waals surface area contributed by atoms with Crippen LogP contribution in [0.2, 0.25) is 0 Å². The minimum Gasteiger partial charge on any atom is -0.296 e. The van der Waals surface area contributed by atoms with Crippen molar-refractivity contribution in [2.24, 2.45) is 0 Å². The van der Waals surface area contributed by atoms with Crippen molar-refractivity contribution in [1.82, 2.24) is 4.98 Å². The summed E-state index contributed by atoms with van der Waals surface area (Å²) in [5, 5.41) is 0. The molecule has 0 aliphatic rings. The Bertz CT molecular complexity index is 304. The summed E-state index contributed by atoms with van der Waals surface area (Å²) in [7, 11) is 0. The van der Waals surface area contributed by atoms with Gasteiger partial charge in [0.05, 0.1) is 0 Å². The molecular formula is C10H13NOS. The summed E-state index contributed by atoms with van der Waals surface area (Å²) in [6.45, 7) is 6.33. The highest BCUT2D eigenvalue weighted by atomic mass is 32.2. The van der Waals surface area contributed by atoms with E-state index < -0.39 is 0 Å². The minimum absolute atomic E-state index is 0.112. The van der Waals surface area contributed by atoms with Crippen LogP contribution in [-0.2, 0) is 0 Å². The van der Waals surface area contributed by atoms with E-state index in [0.29, 0.717) is 5.69 Å². The van der Waals surface area contributed by atoms with Crippen LogP contribution in [0, 0.1) is 0 Å². The molecule has 0 bridgehead atoms. The molecular weight excluding hydrogens is 182 g/mol. The largest absolute Gasteiger partial charge is 0.296 e. The fraction of sp³-hybridized carbons (Fsp3) is 0.400. The van der Waals surface area contributed by atoms with Crippen molar-refractivity contribution >= 4 is 18.0 Å². The molecule has 0 saturated heterocycles. The summed E-state index contributed by atoms with van der Waals surface area (Å²) in [5.74, 6) is 0. The molecule has 0 aromatic carbocycles. The van der Waals surface area contributed by atoms with Crippen LogP contribution in [0.4, 0.5) is 0 Å². The van der Waals surface area contributed by atoms with Crippen LogP contribution in [0.25, 0.3) is 0 Å². The molecule has 0 radical (unpaired) electrons. The molecule has 13 heavy (non-hydrogen) atoms. The van der Waals surface area contributed by atoms with E-state index in [-0.39, 0.29) is 4.75 Å². The Morgan fingerprint density at radius 3 is 2.69 bits per heavy atom. The highest BCUT2D eigenvalue weighted by molar-refractivity contribution is 8.00. The molecule has 1 rings (SSSR count). The summed E-state index contributed by atoms with van der Waals surface area (Å²) >= 11 is 1.66. The lowest BCUT2D eigenvalue weighted by molar-refractivity contribution is 0.111. The van der Waals surface area contributed by atoms with Crippen molar-refractivity contribution < 1.29 is 4.79 Å². The number of carbonyl (C=O) groups is 1. The normalized spacial score (nSPS) is 11.3. The van der Waals surface area contributed by atoms with Gasteiger partial charge >= 0.3 is 0 Å². The quantitative estimate of drug-likeness (QED) is 0.537. The summed E-state index contributed by atoms with van der Waals surface area (Å²) in [4.78, 5) is 15.6. The van der Waals surface area contributed by atoms with Gasteiger partial charge in [0.15, 0.2) is 6.29 Å². The Morgan fingerprint density at radius 1 is 1.46 bits per heavy atom. The van der Waals surface area contributed by atoms with E-state index in [1.165, 1.54) is 0 Å². The predicted molar refractivity (Wildman–Crippen MR) is 55.2 cm³/mol. The molecule has 0 amide bonds. The van der Waals surface area contributed by atoms with E-state index in [4.69, 9.17) is 0 Å². The van der Waals surface area contributed by atoms with Crippen LogP contribution in [0.3, 0.4) is 0 Å². The number of nitrogens with zero attached hydrogens (tertiary/aromatic N) is 1. The Morgan fingerprint density at radius 2 is 2.15 bits per heavy atom. The van der Waals surface area contributed by atoms with Gasteiger partial charge in [-0.3, -0.25) is 9.78 Å². The van der Waals surface area contributed by atoms with Crippen molar-refractivity contribution in [2.75, 3.05) is 0 Å². The molecule has 0 N–H and O–H groups in total. The third-order valence-corrected chi connectivity index (χ3v) is 2.51. The summed E-state index contributed by atoms with van der Waals surface area (Å²) in [6.07, 6.45) is 2.44. The molecule has 0 unspecified atom stereocenters. The van der Waals surface area contributed by atoms with E-state index in [1.54, 1.807) is 18.0 Å². The maximum absolute atomic E-state index is 10.6. The molecule has 0 saturated carbocycles. The molecule has 0 fully saturated rings. The Hall–Kier alpha value is -0.830. The van der Waals surface area contributed by atoms with Crippen molar-refractivity contribution in [3.05, 3.63) is 24.0 Å². The first kappa shape index (κ1) is 10.3. The van der Waals surface area contributed by atoms with Crippen LogP contribution < -0.4 is 0 Å². The molecule has 70 valence electrons. The first-order valence-electron chi connectivity index (χ1n) is 4.12. The number of pyridine rings is 1. The molecule has 0 aliphatic heterocycles. The second-order valence-corrected chi connectivity index (χ2v) is 5.59. The molecule has 1 heterocycles. The van der Waals surface area contributed by atoms with E-state index in [2.05, 4.69) is 25.8 Å². The average molecular weight is 195 g/mol. The maximum atomic E-state index is 10.6. The third kappa shape index (κ3) is 3.19. The number of carbonyl (C=O) groups excluding carboxylic acids is 1. The van der Waals surface area contributed by atoms with Gasteiger partial charge in [0.1, 0.15) is 5.69 Å². The standard InChI is InChI=1S/C10H13NOS/c1-10(2,3)13-9-5-4-6-11-8(9)7-12/h4-7H,1-3H3. The highest BCUT2D eigenvalue weighted by Crippen LogP contribution is 2.32. The van der Waals surface area contributed by atoms with Crippen LogP contribution in [-0.4, -0.2) is 16.0 Å². The maximum Gasteiger partial charge on any atom is 0.169 e. The number of rotatable bonds is 2. The van der Waals surface area contributed by atoms with Crippen molar-refractivity contribution in [3.8, 4) is 0 Å². The molecule has 1 aromatic rings. The van der Waals surface area contributed by atoms with E-state index in [9.17, 15) is 4.79 Å². The van der Waals surface area contributed by atoms with E-state index in [0.717, 1.165) is 11.2 Å². The zero-order valence-electron chi connectivity index (χ0n) is 8.07. The zero-order chi connectivity index (χ0) is 9.90. The summed E-state index contributed by atoms with van der Waals surface area (Å²) in [6, 6.07) is 3.77. The van der Waals surface area contributed by atoms with Crippen LogP contribution in [0.15, 0.2) is 23.2 Å². The van der Waals surface area contributed by atoms with Crippen molar-refractivity contribution in [3.63, 3.8) is 0 Å². The predicted octanol–water partition coefficient (Wildman–Crippen LogP) is 2.78. The molecule has 3 heteroatoms. The first-order chi connectivity index (χ1) is 6.03. The van der Waals surface area contributed by atoms with Gasteiger partial charge < -0.3 is 0 Å². The van der Waals surface area contributed by atoms with Gasteiger partial charge in [0, 0.05) is 15.8 Å². The Kier molecular flexibility index (Phi) is 3.09. The van der Waals surface area contributed by atoms with Gasteiger partial charge in [-0.25, -0.2) is 0 Å². The van der Waals surface area contributed by atoms with Gasteiger partial charge in [-0.2, -0.15) is 0 Å². The van der Waals surface area contributed by atoms with Crippen molar-refractivity contribution in [2.45, 2.75) is 30.4 Å². The Balaban J connectivity index is 2.94. The topological polar surface area (TPSA) is 30.0 Å². The molecule has 0 spiro atoms. The van der Waals surface area contributed by atoms with Gasteiger partial charge in [-0.05, 0) is 12.1 Å². The lowest BCUT2D eigenvalue weighted by Crippen LogP contribution is -2.07. The van der Waals surface area contributed by atoms with Crippen LogP contribution in [0.5, 0.6) is 0 Å². The molecule has 0 atom stereocenters. The van der Waals surface area contributed by atoms with Crippen molar-refractivity contribution in [1.29, 1.82) is 0 Å². The number of hydrogen-bond acceptors (Lipinski definition) is 3. The minimum atomic E-state index is 0.112. The average Bonchev–Trinajstić information content (AvgIpc) is 2.02.